The molecule has 0 aromatic heterocycles. The number of rotatable bonds is 0. The van der Waals surface area contributed by atoms with Gasteiger partial charge in [-0.2, -0.15) is 0 Å². The van der Waals surface area contributed by atoms with E-state index in [1.807, 2.05) is 0 Å². The first-order valence-corrected chi connectivity index (χ1v) is 6.09. The van der Waals surface area contributed by atoms with Crippen molar-refractivity contribution in [2.75, 3.05) is 0 Å². The Morgan fingerprint density at radius 1 is 0.500 bits per heavy atom. The minimum Gasteiger partial charge on any atom is -0.498 e. The van der Waals surface area contributed by atoms with E-state index >= 15 is 0 Å². The molecule has 20 heavy (non-hydrogen) atoms. The summed E-state index contributed by atoms with van der Waals surface area (Å²) in [7, 11) is 0. The van der Waals surface area contributed by atoms with Crippen molar-refractivity contribution >= 4 is 0 Å². The summed E-state index contributed by atoms with van der Waals surface area (Å²) in [5.74, 6) is -0.756. The first kappa shape index (κ1) is 10.0. The van der Waals surface area contributed by atoms with Crippen LogP contribution in [0.25, 0.3) is 20.0 Å². The molecule has 0 saturated heterocycles. The van der Waals surface area contributed by atoms with Gasteiger partial charge in [0.05, 0.1) is 0 Å². The molecule has 8 heteroatoms. The van der Waals surface area contributed by atoms with Gasteiger partial charge in [-0.1, -0.05) is 0 Å². The van der Waals surface area contributed by atoms with Gasteiger partial charge in [-0.15, -0.1) is 0 Å². The molecule has 0 aliphatic heterocycles. The summed E-state index contributed by atoms with van der Waals surface area (Å²) in [4.78, 5) is 0. The van der Waals surface area contributed by atoms with Crippen molar-refractivity contribution in [3.63, 3.8) is 0 Å². The van der Waals surface area contributed by atoms with Crippen LogP contribution in [-0.4, -0.2) is 0 Å². The maximum absolute atomic E-state index is 10.6. The zero-order valence-electron chi connectivity index (χ0n) is 9.73. The van der Waals surface area contributed by atoms with E-state index < -0.39 is 21.7 Å². The van der Waals surface area contributed by atoms with Crippen molar-refractivity contribution in [3.8, 4) is 24.3 Å². The summed E-state index contributed by atoms with van der Waals surface area (Å²) in [6.45, 7) is 0. The van der Waals surface area contributed by atoms with Gasteiger partial charge in [0.25, 0.3) is 0 Å². The molecule has 96 valence electrons. The van der Waals surface area contributed by atoms with Gasteiger partial charge in [0.2, 0.25) is 0 Å². The summed E-state index contributed by atoms with van der Waals surface area (Å²) in [5, 5.41) is 53.4. The first-order valence-electron chi connectivity index (χ1n) is 6.09. The molecule has 6 rings (SSSR count). The third kappa shape index (κ3) is 0.419. The van der Waals surface area contributed by atoms with Gasteiger partial charge in [0.1, 0.15) is 21.7 Å². The van der Waals surface area contributed by atoms with Gasteiger partial charge in [-0.25, -0.2) is 0 Å². The second-order valence-electron chi connectivity index (χ2n) is 6.28. The van der Waals surface area contributed by atoms with E-state index in [1.54, 1.807) is 0 Å². The Labute approximate surface area is 111 Å². The van der Waals surface area contributed by atoms with E-state index in [-0.39, 0.29) is 23.7 Å². The molecule has 0 aromatic rings. The highest BCUT2D eigenvalue weighted by atomic mass is 16.4. The molecular weight excluding hydrogens is 264 g/mol. The highest BCUT2D eigenvalue weighted by Gasteiger charge is 3.27. The minimum atomic E-state index is -0.608. The van der Waals surface area contributed by atoms with Crippen LogP contribution >= 0.6 is 0 Å². The van der Waals surface area contributed by atoms with E-state index in [1.165, 1.54) is 0 Å². The third-order valence-electron chi connectivity index (χ3n) is 6.69. The standard InChI is InChI=1S/C12H4N4O4/c17-13-1-9-5-10(2-14-18)6(9)12(4-16-20)7(9)11(5,3-15-19)8(10)12/h5-8H. The van der Waals surface area contributed by atoms with E-state index in [9.17, 15) is 20.8 Å². The Bertz CT molecular complexity index is 658. The Morgan fingerprint density at radius 3 is 0.850 bits per heavy atom. The number of hydrogen-bond acceptors (Lipinski definition) is 4. The number of nitrogens with zero attached hydrogens (tertiary/aromatic N) is 4. The molecule has 6 aliphatic carbocycles. The van der Waals surface area contributed by atoms with Crippen LogP contribution in [0, 0.1) is 90.4 Å². The molecule has 6 saturated carbocycles. The van der Waals surface area contributed by atoms with Gasteiger partial charge in [-0.05, 0) is 0 Å². The van der Waals surface area contributed by atoms with Crippen LogP contribution in [0.3, 0.4) is 0 Å². The van der Waals surface area contributed by atoms with Crippen molar-refractivity contribution in [3.05, 3.63) is 40.9 Å². The van der Waals surface area contributed by atoms with E-state index in [2.05, 4.69) is 44.3 Å². The molecule has 0 heterocycles. The maximum atomic E-state index is 10.6. The lowest BCUT2D eigenvalue weighted by atomic mass is 8.85. The predicted octanol–water partition coefficient (Wildman–Crippen LogP) is 1.79. The highest BCUT2D eigenvalue weighted by molar-refractivity contribution is 5.75. The van der Waals surface area contributed by atoms with E-state index in [0.717, 1.165) is 0 Å². The normalized spacial score (nSPS) is 62.0. The summed E-state index contributed by atoms with van der Waals surface area (Å²) >= 11 is 0. The average molecular weight is 268 g/mol. The molecule has 0 amide bonds. The Hall–Kier alpha value is -2.84. The van der Waals surface area contributed by atoms with Crippen LogP contribution in [0.1, 0.15) is 0 Å². The van der Waals surface area contributed by atoms with Crippen LogP contribution < -0.4 is 0 Å². The molecule has 6 fully saturated rings. The van der Waals surface area contributed by atoms with Crippen molar-refractivity contribution in [2.24, 2.45) is 45.3 Å². The Balaban J connectivity index is 1.73. The maximum Gasteiger partial charge on any atom is 0.306 e. The molecule has 0 N–H and O–H groups in total. The van der Waals surface area contributed by atoms with Crippen LogP contribution in [0.2, 0.25) is 0 Å². The Morgan fingerprint density at radius 2 is 0.700 bits per heavy atom. The fourth-order valence-corrected chi connectivity index (χ4v) is 7.26. The van der Waals surface area contributed by atoms with Gasteiger partial charge in [0.15, 0.2) is 0 Å². The smallest absolute Gasteiger partial charge is 0.306 e. The minimum absolute atomic E-state index is 0.189. The average Bonchev–Trinajstić information content (AvgIpc) is 2.39. The third-order valence-corrected chi connectivity index (χ3v) is 6.69. The fraction of sp³-hybridized carbons (Fsp3) is 0.667. The van der Waals surface area contributed by atoms with Gasteiger partial charge < -0.3 is 20.8 Å². The second kappa shape index (κ2) is 2.19. The topological polar surface area (TPSA) is 110 Å². The van der Waals surface area contributed by atoms with E-state index in [4.69, 9.17) is 0 Å². The van der Waals surface area contributed by atoms with Crippen LogP contribution in [0.15, 0.2) is 0 Å². The van der Waals surface area contributed by atoms with Gasteiger partial charge in [-0.3, -0.25) is 0 Å². The van der Waals surface area contributed by atoms with Crippen LogP contribution in [0.4, 0.5) is 0 Å². The fourth-order valence-electron chi connectivity index (χ4n) is 7.26. The van der Waals surface area contributed by atoms with Crippen molar-refractivity contribution in [1.29, 1.82) is 0 Å². The molecular formula is C12H4N4O4. The summed E-state index contributed by atoms with van der Waals surface area (Å²) < 4.78 is 0. The summed E-state index contributed by atoms with van der Waals surface area (Å²) in [6, 6.07) is 10.2. The lowest BCUT2D eigenvalue weighted by Gasteiger charge is -3.08. The first-order chi connectivity index (χ1) is 9.71. The predicted molar refractivity (Wildman–Crippen MR) is 66.1 cm³/mol. The largest absolute Gasteiger partial charge is 0.498 e. The SMILES string of the molecule is [O-][N+]#CC12C3C4(C#[N+][O-])C1C1(C#[N+][O-])C2C3(C#[N+][O-])C41. The second-order valence-corrected chi connectivity index (χ2v) is 6.28. The summed E-state index contributed by atoms with van der Waals surface area (Å²) in [6.07, 6.45) is 0. The zero-order chi connectivity index (χ0) is 14.0. The zero-order valence-corrected chi connectivity index (χ0v) is 9.73. The quantitative estimate of drug-likeness (QED) is 0.623. The number of hydrogen-bond donors (Lipinski definition) is 0. The molecule has 0 spiro atoms. The van der Waals surface area contributed by atoms with Crippen LogP contribution in [-0.2, 0) is 0 Å². The monoisotopic (exact) mass is 268 g/mol. The van der Waals surface area contributed by atoms with Gasteiger partial charge in [0, 0.05) is 43.7 Å². The van der Waals surface area contributed by atoms with Crippen molar-refractivity contribution in [2.45, 2.75) is 0 Å². The molecule has 0 radical (unpaired) electrons. The highest BCUT2D eigenvalue weighted by Crippen LogP contribution is 3.18. The molecule has 0 unspecified atom stereocenters. The van der Waals surface area contributed by atoms with E-state index in [0.29, 0.717) is 0 Å². The van der Waals surface area contributed by atoms with Crippen molar-refractivity contribution in [1.82, 2.24) is 0 Å². The molecule has 6 aliphatic rings. The van der Waals surface area contributed by atoms with Gasteiger partial charge >= 0.3 is 24.3 Å². The molecule has 0 atom stereocenters. The lowest BCUT2D eigenvalue weighted by Crippen LogP contribution is -3.17. The Kier molecular flexibility index (Phi) is 1.10. The van der Waals surface area contributed by atoms with Crippen LogP contribution in [0.5, 0.6) is 0 Å². The lowest BCUT2D eigenvalue weighted by molar-refractivity contribution is -0.678. The molecule has 0 aromatic carbocycles. The summed E-state index contributed by atoms with van der Waals surface area (Å²) in [5.41, 5.74) is -2.43. The van der Waals surface area contributed by atoms with Crippen molar-refractivity contribution < 1.29 is 0 Å². The molecule has 0 bridgehead atoms. The molecule has 8 nitrogen and oxygen atoms in total.